The minimum Gasteiger partial charge on any atom is -0.493 e. The van der Waals surface area contributed by atoms with Crippen LogP contribution in [0.2, 0.25) is 0 Å². The molecule has 1 fully saturated rings. The molecule has 1 heterocycles. The lowest BCUT2D eigenvalue weighted by atomic mass is 10.1. The van der Waals surface area contributed by atoms with E-state index in [1.165, 1.54) is 6.92 Å². The highest BCUT2D eigenvalue weighted by Crippen LogP contribution is 2.35. The minimum atomic E-state index is -1.10. The molecule has 1 saturated heterocycles. The highest BCUT2D eigenvalue weighted by molar-refractivity contribution is 8.26. The molecule has 0 aromatic heterocycles. The average Bonchev–Trinajstić information content (AvgIpc) is 2.88. The third-order valence-corrected chi connectivity index (χ3v) is 5.14. The van der Waals surface area contributed by atoms with E-state index in [1.54, 1.807) is 25.3 Å². The Balaban J connectivity index is 2.22. The highest BCUT2D eigenvalue weighted by atomic mass is 32.2. The molecule has 140 valence electrons. The summed E-state index contributed by atoms with van der Waals surface area (Å²) < 4.78 is 11.3. The van der Waals surface area contributed by atoms with Gasteiger partial charge in [0, 0.05) is 0 Å². The number of carbonyl (C=O) groups is 2. The van der Waals surface area contributed by atoms with Gasteiger partial charge in [-0.15, -0.1) is 0 Å². The van der Waals surface area contributed by atoms with Crippen LogP contribution in [0.25, 0.3) is 6.08 Å². The predicted octanol–water partition coefficient (Wildman–Crippen LogP) is 3.55. The van der Waals surface area contributed by atoms with Gasteiger partial charge >= 0.3 is 5.97 Å². The van der Waals surface area contributed by atoms with Crippen LogP contribution in [0.5, 0.6) is 11.5 Å². The Kier molecular flexibility index (Phi) is 7.05. The van der Waals surface area contributed by atoms with Crippen LogP contribution in [0, 0.1) is 0 Å². The van der Waals surface area contributed by atoms with Crippen LogP contribution in [0.15, 0.2) is 23.1 Å². The summed E-state index contributed by atoms with van der Waals surface area (Å²) in [5.41, 5.74) is 0.744. The van der Waals surface area contributed by atoms with Gasteiger partial charge in [0.2, 0.25) is 0 Å². The number of carbonyl (C=O) groups excluding carboxylic acids is 1. The van der Waals surface area contributed by atoms with E-state index in [1.807, 2.05) is 6.07 Å². The van der Waals surface area contributed by atoms with Crippen molar-refractivity contribution < 1.29 is 24.2 Å². The summed E-state index contributed by atoms with van der Waals surface area (Å²) >= 11 is 6.24. The number of hydrogen-bond acceptors (Lipinski definition) is 6. The topological polar surface area (TPSA) is 76.1 Å². The molecule has 1 aliphatic heterocycles. The second-order valence-electron chi connectivity index (χ2n) is 5.68. The fourth-order valence-corrected chi connectivity index (χ4v) is 3.71. The van der Waals surface area contributed by atoms with Gasteiger partial charge in [-0.1, -0.05) is 43.4 Å². The molecule has 1 amide bonds. The average molecular weight is 396 g/mol. The number of amides is 1. The van der Waals surface area contributed by atoms with Gasteiger partial charge < -0.3 is 14.6 Å². The van der Waals surface area contributed by atoms with Gasteiger partial charge in [0.15, 0.2) is 11.5 Å². The number of unbranched alkanes of at least 4 members (excludes halogenated alkanes) is 1. The second kappa shape index (κ2) is 9.05. The molecule has 0 spiro atoms. The molecule has 1 aromatic carbocycles. The molecule has 0 bridgehead atoms. The maximum atomic E-state index is 12.5. The number of carboxylic acids is 1. The van der Waals surface area contributed by atoms with Crippen LogP contribution in [0.1, 0.15) is 32.3 Å². The minimum absolute atomic E-state index is 0.239. The van der Waals surface area contributed by atoms with Gasteiger partial charge in [0.05, 0.1) is 18.6 Å². The number of methoxy groups -OCH3 is 1. The first kappa shape index (κ1) is 20.3. The van der Waals surface area contributed by atoms with Crippen LogP contribution < -0.4 is 9.47 Å². The number of aliphatic carboxylic acids is 1. The van der Waals surface area contributed by atoms with Crippen LogP contribution in [0.3, 0.4) is 0 Å². The van der Waals surface area contributed by atoms with Crippen molar-refractivity contribution in [3.05, 3.63) is 28.7 Å². The first-order valence-corrected chi connectivity index (χ1v) is 9.42. The van der Waals surface area contributed by atoms with Crippen molar-refractivity contribution in [3.8, 4) is 11.5 Å². The van der Waals surface area contributed by atoms with Crippen molar-refractivity contribution in [3.63, 3.8) is 0 Å². The molecule has 6 nitrogen and oxygen atoms in total. The van der Waals surface area contributed by atoms with Gasteiger partial charge in [-0.05, 0) is 37.1 Å². The van der Waals surface area contributed by atoms with E-state index in [9.17, 15) is 9.59 Å². The number of nitrogens with zero attached hydrogens (tertiary/aromatic N) is 1. The number of benzene rings is 1. The molecule has 1 aromatic rings. The van der Waals surface area contributed by atoms with Crippen molar-refractivity contribution in [2.45, 2.75) is 32.7 Å². The van der Waals surface area contributed by atoms with Gasteiger partial charge in [0.1, 0.15) is 10.4 Å². The normalized spacial score (nSPS) is 16.9. The van der Waals surface area contributed by atoms with Gasteiger partial charge in [-0.25, -0.2) is 4.79 Å². The molecule has 0 saturated carbocycles. The van der Waals surface area contributed by atoms with Crippen molar-refractivity contribution in [1.82, 2.24) is 4.90 Å². The monoisotopic (exact) mass is 395 g/mol. The van der Waals surface area contributed by atoms with E-state index in [0.717, 1.165) is 35.1 Å². The summed E-state index contributed by atoms with van der Waals surface area (Å²) in [6.45, 7) is 4.13. The fourth-order valence-electron chi connectivity index (χ4n) is 2.30. The Morgan fingerprint density at radius 2 is 2.15 bits per heavy atom. The lowest BCUT2D eigenvalue weighted by Crippen LogP contribution is -2.41. The molecule has 0 radical (unpaired) electrons. The largest absolute Gasteiger partial charge is 0.493 e. The van der Waals surface area contributed by atoms with E-state index in [4.69, 9.17) is 26.8 Å². The maximum absolute atomic E-state index is 12.5. The summed E-state index contributed by atoms with van der Waals surface area (Å²) in [6.07, 6.45) is 3.67. The van der Waals surface area contributed by atoms with Crippen molar-refractivity contribution in [2.24, 2.45) is 0 Å². The zero-order chi connectivity index (χ0) is 19.3. The summed E-state index contributed by atoms with van der Waals surface area (Å²) in [4.78, 5) is 25.1. The van der Waals surface area contributed by atoms with E-state index in [2.05, 4.69) is 6.92 Å². The molecule has 1 atom stereocenters. The molecular formula is C18H21NO5S2. The molecule has 0 aliphatic carbocycles. The Morgan fingerprint density at radius 1 is 1.42 bits per heavy atom. The standard InChI is InChI=1S/C18H21NO5S2/c1-4-5-8-24-13-7-6-12(9-14(13)23-3)10-15-16(20)19(18(25)26-15)11(2)17(21)22/h6-7,9-11H,4-5,8H2,1-3H3,(H,21,22)/b15-10-/t11-/m0/s1. The van der Waals surface area contributed by atoms with Gasteiger partial charge in [-0.3, -0.25) is 9.69 Å². The van der Waals surface area contributed by atoms with E-state index in [-0.39, 0.29) is 4.32 Å². The Morgan fingerprint density at radius 3 is 2.77 bits per heavy atom. The van der Waals surface area contributed by atoms with Crippen LogP contribution in [-0.2, 0) is 9.59 Å². The maximum Gasteiger partial charge on any atom is 0.326 e. The fraction of sp³-hybridized carbons (Fsp3) is 0.389. The second-order valence-corrected chi connectivity index (χ2v) is 7.35. The van der Waals surface area contributed by atoms with Crippen LogP contribution in [-0.4, -0.2) is 46.0 Å². The molecule has 1 N–H and O–H groups in total. The zero-order valence-corrected chi connectivity index (χ0v) is 16.5. The van der Waals surface area contributed by atoms with Crippen LogP contribution >= 0.6 is 24.0 Å². The quantitative estimate of drug-likeness (QED) is 0.410. The SMILES string of the molecule is CCCCOc1ccc(/C=C2\SC(=S)N([C@@H](C)C(=O)O)C2=O)cc1OC. The zero-order valence-electron chi connectivity index (χ0n) is 14.9. The first-order chi connectivity index (χ1) is 12.4. The van der Waals surface area contributed by atoms with Crippen molar-refractivity contribution >= 4 is 46.3 Å². The molecule has 0 unspecified atom stereocenters. The third kappa shape index (κ3) is 4.56. The smallest absolute Gasteiger partial charge is 0.326 e. The molecule has 1 aliphatic rings. The van der Waals surface area contributed by atoms with Crippen LogP contribution in [0.4, 0.5) is 0 Å². The van der Waals surface area contributed by atoms with Crippen molar-refractivity contribution in [1.29, 1.82) is 0 Å². The summed E-state index contributed by atoms with van der Waals surface area (Å²) in [5, 5.41) is 9.13. The number of thiocarbonyl (C=S) groups is 1. The lowest BCUT2D eigenvalue weighted by molar-refractivity contribution is -0.144. The number of thioether (sulfide) groups is 1. The van der Waals surface area contributed by atoms with E-state index < -0.39 is 17.9 Å². The van der Waals surface area contributed by atoms with Gasteiger partial charge in [0.25, 0.3) is 5.91 Å². The lowest BCUT2D eigenvalue weighted by Gasteiger charge is -2.18. The predicted molar refractivity (Wildman–Crippen MR) is 106 cm³/mol. The summed E-state index contributed by atoms with van der Waals surface area (Å²) in [5.74, 6) is -0.288. The highest BCUT2D eigenvalue weighted by Gasteiger charge is 2.38. The molecule has 2 rings (SSSR count). The Labute approximate surface area is 162 Å². The Bertz CT molecular complexity index is 747. The molecule has 8 heteroatoms. The number of ether oxygens (including phenoxy) is 2. The molecular weight excluding hydrogens is 374 g/mol. The summed E-state index contributed by atoms with van der Waals surface area (Å²) in [7, 11) is 1.56. The number of rotatable bonds is 8. The van der Waals surface area contributed by atoms with Crippen molar-refractivity contribution in [2.75, 3.05) is 13.7 Å². The number of hydrogen-bond donors (Lipinski definition) is 1. The summed E-state index contributed by atoms with van der Waals surface area (Å²) in [6, 6.07) is 4.38. The first-order valence-electron chi connectivity index (χ1n) is 8.19. The van der Waals surface area contributed by atoms with E-state index >= 15 is 0 Å². The molecule has 26 heavy (non-hydrogen) atoms. The van der Waals surface area contributed by atoms with Gasteiger partial charge in [-0.2, -0.15) is 0 Å². The third-order valence-electron chi connectivity index (χ3n) is 3.81. The van der Waals surface area contributed by atoms with E-state index in [0.29, 0.717) is 23.0 Å². The Hall–Kier alpha value is -2.06. The number of carboxylic acid groups (broad SMARTS) is 1.